The van der Waals surface area contributed by atoms with Crippen LogP contribution < -0.4 is 10.0 Å². The van der Waals surface area contributed by atoms with Gasteiger partial charge in [-0.15, -0.1) is 11.3 Å². The molecule has 0 spiro atoms. The Morgan fingerprint density at radius 2 is 1.85 bits per heavy atom. The number of rotatable bonds is 4. The summed E-state index contributed by atoms with van der Waals surface area (Å²) in [7, 11) is -3.78. The van der Waals surface area contributed by atoms with E-state index in [0.29, 0.717) is 4.88 Å². The van der Waals surface area contributed by atoms with Gasteiger partial charge in [0.2, 0.25) is 0 Å². The number of sulfonamides is 1. The van der Waals surface area contributed by atoms with Crippen molar-refractivity contribution in [1.82, 2.24) is 10.0 Å². The number of thiophene rings is 1. The summed E-state index contributed by atoms with van der Waals surface area (Å²) in [5, 5.41) is 2.42. The lowest BCUT2D eigenvalue weighted by Gasteiger charge is -2.19. The zero-order valence-electron chi connectivity index (χ0n) is 15.5. The van der Waals surface area contributed by atoms with Crippen molar-refractivity contribution < 1.29 is 22.0 Å². The lowest BCUT2D eigenvalue weighted by molar-refractivity contribution is 0.0967. The standard InChI is InChI=1S/C18H20F2N2O3S2/c1-10-6-7-12(8-14(19)16(10)20)21-17(23)13-9-15(26-11(13)2)27(24,25)22-18(3,4)5/h6,8-9,22H,1-5H3,(H,21,23). The van der Waals surface area contributed by atoms with E-state index in [2.05, 4.69) is 15.8 Å². The lowest BCUT2D eigenvalue weighted by Crippen LogP contribution is -2.40. The third kappa shape index (κ3) is 5.23. The first-order valence-electron chi connectivity index (χ1n) is 7.96. The van der Waals surface area contributed by atoms with Crippen molar-refractivity contribution in [3.63, 3.8) is 0 Å². The summed E-state index contributed by atoms with van der Waals surface area (Å²) in [6, 6.07) is 1.26. The summed E-state index contributed by atoms with van der Waals surface area (Å²) in [4.78, 5) is 13.0. The Bertz CT molecular complexity index is 1020. The Morgan fingerprint density at radius 3 is 2.44 bits per heavy atom. The highest BCUT2D eigenvalue weighted by atomic mass is 32.2. The van der Waals surface area contributed by atoms with Gasteiger partial charge in [0.05, 0.1) is 11.3 Å². The number of halogens is 2. The predicted molar refractivity (Wildman–Crippen MR) is 101 cm³/mol. The molecule has 0 saturated heterocycles. The van der Waals surface area contributed by atoms with Crippen LogP contribution in [0.1, 0.15) is 42.9 Å². The van der Waals surface area contributed by atoms with Gasteiger partial charge in [-0.2, -0.15) is 0 Å². The summed E-state index contributed by atoms with van der Waals surface area (Å²) in [5.74, 6) is -2.79. The minimum absolute atomic E-state index is 0.00394. The molecule has 1 aromatic rings. The van der Waals surface area contributed by atoms with Gasteiger partial charge in [-0.25, -0.2) is 21.9 Å². The molecule has 5 nitrogen and oxygen atoms in total. The van der Waals surface area contributed by atoms with E-state index in [9.17, 15) is 22.0 Å². The van der Waals surface area contributed by atoms with Crippen LogP contribution in [-0.2, 0) is 10.0 Å². The van der Waals surface area contributed by atoms with Crippen LogP contribution in [0.5, 0.6) is 0 Å². The van der Waals surface area contributed by atoms with Crippen molar-refractivity contribution in [2.75, 3.05) is 0 Å². The van der Waals surface area contributed by atoms with Gasteiger partial charge in [-0.1, -0.05) is 5.73 Å². The molecular weight excluding hydrogens is 394 g/mol. The fraction of sp³-hybridized carbons (Fsp3) is 0.333. The third-order valence-corrected chi connectivity index (χ3v) is 6.65. The van der Waals surface area contributed by atoms with Gasteiger partial charge in [0.25, 0.3) is 15.9 Å². The SMILES string of the molecule is CC1=C(F)C(F)=CC(NC(=O)c2cc(S(=O)(=O)NC(C)(C)C)sc2C)=C=C1. The van der Waals surface area contributed by atoms with Gasteiger partial charge in [0.15, 0.2) is 11.7 Å². The van der Waals surface area contributed by atoms with Crippen LogP contribution in [0.2, 0.25) is 0 Å². The second-order valence-corrected chi connectivity index (χ2v) is 10.2. The molecule has 2 rings (SSSR count). The van der Waals surface area contributed by atoms with Crippen LogP contribution in [0.4, 0.5) is 8.78 Å². The van der Waals surface area contributed by atoms with Crippen molar-refractivity contribution >= 4 is 27.3 Å². The van der Waals surface area contributed by atoms with Crippen LogP contribution in [-0.4, -0.2) is 19.9 Å². The fourth-order valence-corrected chi connectivity index (χ4v) is 5.06. The number of carbonyl (C=O) groups excluding carboxylic acids is 1. The first kappa shape index (κ1) is 21.2. The van der Waals surface area contributed by atoms with Crippen LogP contribution in [0.15, 0.2) is 51.1 Å². The summed E-state index contributed by atoms with van der Waals surface area (Å²) in [5.41, 5.74) is 2.04. The molecule has 1 amide bonds. The van der Waals surface area contributed by atoms with E-state index in [1.807, 2.05) is 0 Å². The maximum atomic E-state index is 13.7. The number of amides is 1. The second kappa shape index (κ2) is 7.52. The number of hydrogen-bond acceptors (Lipinski definition) is 4. The fourth-order valence-electron chi connectivity index (χ4n) is 2.20. The summed E-state index contributed by atoms with van der Waals surface area (Å²) < 4.78 is 54.6. The topological polar surface area (TPSA) is 75.3 Å². The third-order valence-electron chi connectivity index (χ3n) is 3.36. The van der Waals surface area contributed by atoms with E-state index in [4.69, 9.17) is 0 Å². The van der Waals surface area contributed by atoms with E-state index in [1.165, 1.54) is 19.1 Å². The highest BCUT2D eigenvalue weighted by Gasteiger charge is 2.26. The molecule has 9 heteroatoms. The van der Waals surface area contributed by atoms with Gasteiger partial charge in [0.1, 0.15) is 4.21 Å². The normalized spacial score (nSPS) is 15.4. The molecule has 0 fully saturated rings. The summed E-state index contributed by atoms with van der Waals surface area (Å²) in [6.45, 7) is 8.11. The molecule has 1 aliphatic rings. The summed E-state index contributed by atoms with van der Waals surface area (Å²) >= 11 is 0.951. The van der Waals surface area contributed by atoms with Crippen molar-refractivity contribution in [2.45, 2.75) is 44.4 Å². The smallest absolute Gasteiger partial charge is 0.257 e. The molecule has 27 heavy (non-hydrogen) atoms. The molecule has 0 aliphatic heterocycles. The number of nitrogens with one attached hydrogen (secondary N) is 2. The molecule has 0 aromatic carbocycles. The molecule has 146 valence electrons. The molecule has 0 radical (unpaired) electrons. The monoisotopic (exact) mass is 414 g/mol. The number of hydrogen-bond donors (Lipinski definition) is 2. The average Bonchev–Trinajstić information content (AvgIpc) is 2.87. The first-order valence-corrected chi connectivity index (χ1v) is 10.3. The first-order chi connectivity index (χ1) is 12.3. The van der Waals surface area contributed by atoms with Crippen molar-refractivity contribution in [3.05, 3.63) is 57.3 Å². The maximum absolute atomic E-state index is 13.7. The van der Waals surface area contributed by atoms with Gasteiger partial charge in [-0.05, 0) is 52.3 Å². The van der Waals surface area contributed by atoms with E-state index in [0.717, 1.165) is 17.4 Å². The van der Waals surface area contributed by atoms with E-state index in [1.54, 1.807) is 27.7 Å². The Morgan fingerprint density at radius 1 is 1.22 bits per heavy atom. The maximum Gasteiger partial charge on any atom is 0.257 e. The zero-order valence-corrected chi connectivity index (χ0v) is 17.2. The largest absolute Gasteiger partial charge is 0.315 e. The Hall–Kier alpha value is -2.06. The number of carbonyl (C=O) groups is 1. The molecule has 1 aromatic heterocycles. The highest BCUT2D eigenvalue weighted by Crippen LogP contribution is 2.27. The van der Waals surface area contributed by atoms with E-state index < -0.39 is 33.1 Å². The van der Waals surface area contributed by atoms with Gasteiger partial charge < -0.3 is 5.32 Å². The Labute approximate surface area is 161 Å². The molecule has 0 bridgehead atoms. The average molecular weight is 414 g/mol. The molecular formula is C18H20F2N2O3S2. The second-order valence-electron chi connectivity index (χ2n) is 7.04. The minimum atomic E-state index is -3.78. The van der Waals surface area contributed by atoms with E-state index >= 15 is 0 Å². The number of allylic oxidation sites excluding steroid dienone is 4. The number of aryl methyl sites for hydroxylation is 1. The van der Waals surface area contributed by atoms with Crippen molar-refractivity contribution in [3.8, 4) is 0 Å². The van der Waals surface area contributed by atoms with Crippen molar-refractivity contribution in [2.24, 2.45) is 0 Å². The molecule has 1 aliphatic carbocycles. The van der Waals surface area contributed by atoms with E-state index in [-0.39, 0.29) is 21.0 Å². The van der Waals surface area contributed by atoms with Gasteiger partial charge >= 0.3 is 0 Å². The molecule has 0 atom stereocenters. The van der Waals surface area contributed by atoms with Gasteiger partial charge in [-0.3, -0.25) is 4.79 Å². The molecule has 1 heterocycles. The zero-order chi connectivity index (χ0) is 20.6. The van der Waals surface area contributed by atoms with Crippen LogP contribution in [0.3, 0.4) is 0 Å². The van der Waals surface area contributed by atoms with Crippen molar-refractivity contribution in [1.29, 1.82) is 0 Å². The molecule has 2 N–H and O–H groups in total. The quantitative estimate of drug-likeness (QED) is 0.731. The summed E-state index contributed by atoms with van der Waals surface area (Å²) in [6.07, 6.45) is 2.04. The van der Waals surface area contributed by atoms with Crippen LogP contribution in [0.25, 0.3) is 0 Å². The predicted octanol–water partition coefficient (Wildman–Crippen LogP) is 4.01. The molecule has 0 saturated carbocycles. The lowest BCUT2D eigenvalue weighted by atomic mass is 10.1. The minimum Gasteiger partial charge on any atom is -0.315 e. The van der Waals surface area contributed by atoms with Crippen LogP contribution in [0, 0.1) is 6.92 Å². The van der Waals surface area contributed by atoms with Crippen LogP contribution >= 0.6 is 11.3 Å². The Kier molecular flexibility index (Phi) is 5.91. The Balaban J connectivity index is 2.30. The van der Waals surface area contributed by atoms with Gasteiger partial charge in [0, 0.05) is 16.5 Å². The molecule has 0 unspecified atom stereocenters. The highest BCUT2D eigenvalue weighted by molar-refractivity contribution is 7.91.